The number of benzene rings is 1. The van der Waals surface area contributed by atoms with Gasteiger partial charge in [0.25, 0.3) is 0 Å². The first-order valence-corrected chi connectivity index (χ1v) is 7.12. The maximum atomic E-state index is 12.3. The first kappa shape index (κ1) is 16.9. The van der Waals surface area contributed by atoms with Gasteiger partial charge < -0.3 is 19.5 Å². The van der Waals surface area contributed by atoms with Crippen LogP contribution >= 0.6 is 0 Å². The zero-order valence-electron chi connectivity index (χ0n) is 12.4. The van der Waals surface area contributed by atoms with Crippen LogP contribution in [0.2, 0.25) is 0 Å². The Kier molecular flexibility index (Phi) is 5.90. The molecule has 0 aromatic heterocycles. The molecule has 22 heavy (non-hydrogen) atoms. The summed E-state index contributed by atoms with van der Waals surface area (Å²) in [6.45, 7) is 0.537. The van der Waals surface area contributed by atoms with Gasteiger partial charge in [0.2, 0.25) is 0 Å². The molecule has 0 spiro atoms. The van der Waals surface area contributed by atoms with E-state index >= 15 is 0 Å². The Labute approximate surface area is 127 Å². The summed E-state index contributed by atoms with van der Waals surface area (Å²) in [5.41, 5.74) is 0.521. The lowest BCUT2D eigenvalue weighted by atomic mass is 10.0. The summed E-state index contributed by atoms with van der Waals surface area (Å²) in [7, 11) is 1.62. The highest BCUT2D eigenvalue weighted by atomic mass is 19.4. The minimum atomic E-state index is -4.36. The van der Waals surface area contributed by atoms with Crippen molar-refractivity contribution in [2.75, 3.05) is 38.8 Å². The number of ether oxygens (including phenoxy) is 3. The quantitative estimate of drug-likeness (QED) is 0.838. The van der Waals surface area contributed by atoms with Crippen molar-refractivity contribution in [2.45, 2.75) is 18.7 Å². The topological polar surface area (TPSA) is 39.7 Å². The minimum Gasteiger partial charge on any atom is -0.482 e. The highest BCUT2D eigenvalue weighted by Crippen LogP contribution is 2.27. The number of halogens is 3. The summed E-state index contributed by atoms with van der Waals surface area (Å²) in [6.07, 6.45) is -3.49. The molecule has 4 nitrogen and oxygen atoms in total. The van der Waals surface area contributed by atoms with Crippen LogP contribution in [0.25, 0.3) is 0 Å². The summed E-state index contributed by atoms with van der Waals surface area (Å²) in [6, 6.07) is 6.57. The molecule has 0 bridgehead atoms. The van der Waals surface area contributed by atoms with Crippen LogP contribution in [0, 0.1) is 5.92 Å². The van der Waals surface area contributed by atoms with E-state index in [9.17, 15) is 13.2 Å². The average Bonchev–Trinajstić information content (AvgIpc) is 3.00. The van der Waals surface area contributed by atoms with E-state index in [1.165, 1.54) is 6.07 Å². The van der Waals surface area contributed by atoms with Crippen LogP contribution in [-0.2, 0) is 9.47 Å². The van der Waals surface area contributed by atoms with Crippen LogP contribution in [0.3, 0.4) is 0 Å². The number of nitrogens with one attached hydrogen (secondary N) is 1. The lowest BCUT2D eigenvalue weighted by molar-refractivity contribution is -0.153. The van der Waals surface area contributed by atoms with E-state index < -0.39 is 12.8 Å². The van der Waals surface area contributed by atoms with Crippen molar-refractivity contribution < 1.29 is 27.4 Å². The molecular weight excluding hydrogens is 299 g/mol. The fourth-order valence-corrected chi connectivity index (χ4v) is 2.40. The number of hydrogen-bond donors (Lipinski definition) is 1. The van der Waals surface area contributed by atoms with Crippen LogP contribution in [0.4, 0.5) is 18.9 Å². The molecule has 2 rings (SSSR count). The van der Waals surface area contributed by atoms with Crippen LogP contribution in [-0.4, -0.2) is 45.8 Å². The second-order valence-corrected chi connectivity index (χ2v) is 5.18. The predicted molar refractivity (Wildman–Crippen MR) is 76.2 cm³/mol. The van der Waals surface area contributed by atoms with Crippen LogP contribution in [0.1, 0.15) is 6.42 Å². The number of methoxy groups -OCH3 is 1. The van der Waals surface area contributed by atoms with Crippen LogP contribution in [0.15, 0.2) is 24.3 Å². The first-order chi connectivity index (χ1) is 10.5. The minimum absolute atomic E-state index is 0.0572. The molecule has 0 unspecified atom stereocenters. The van der Waals surface area contributed by atoms with Gasteiger partial charge in [-0.3, -0.25) is 0 Å². The Morgan fingerprint density at radius 2 is 2.14 bits per heavy atom. The molecule has 0 amide bonds. The van der Waals surface area contributed by atoms with E-state index in [1.54, 1.807) is 25.3 Å². The van der Waals surface area contributed by atoms with Gasteiger partial charge in [0, 0.05) is 26.2 Å². The van der Waals surface area contributed by atoms with E-state index in [1.807, 2.05) is 0 Å². The third kappa shape index (κ3) is 5.06. The van der Waals surface area contributed by atoms with E-state index in [2.05, 4.69) is 5.32 Å². The molecular formula is C15H20F3NO3. The molecule has 0 saturated carbocycles. The second kappa shape index (κ2) is 7.69. The Hall–Kier alpha value is -1.47. The van der Waals surface area contributed by atoms with Crippen molar-refractivity contribution in [1.82, 2.24) is 0 Å². The molecule has 1 aliphatic heterocycles. The van der Waals surface area contributed by atoms with Gasteiger partial charge in [-0.15, -0.1) is 0 Å². The van der Waals surface area contributed by atoms with Gasteiger partial charge in [-0.05, 0) is 18.6 Å². The SMILES string of the molecule is CO[C@H](CNc1ccccc1OCC(F)(F)F)[C@@H]1CCOC1. The van der Waals surface area contributed by atoms with Crippen molar-refractivity contribution in [3.63, 3.8) is 0 Å². The Morgan fingerprint density at radius 3 is 2.77 bits per heavy atom. The predicted octanol–water partition coefficient (Wildman–Crippen LogP) is 3.09. The number of hydrogen-bond acceptors (Lipinski definition) is 4. The fourth-order valence-electron chi connectivity index (χ4n) is 2.40. The first-order valence-electron chi connectivity index (χ1n) is 7.12. The molecule has 1 aliphatic rings. The standard InChI is InChI=1S/C15H20F3NO3/c1-20-14(11-6-7-21-9-11)8-19-12-4-2-3-5-13(12)22-10-15(16,17)18/h2-5,11,14,19H,6-10H2,1H3/t11-,14-/m1/s1. The zero-order chi connectivity index (χ0) is 16.0. The molecule has 1 N–H and O–H groups in total. The Balaban J connectivity index is 1.93. The molecule has 0 aliphatic carbocycles. The second-order valence-electron chi connectivity index (χ2n) is 5.18. The molecule has 124 valence electrons. The van der Waals surface area contributed by atoms with Crippen molar-refractivity contribution in [2.24, 2.45) is 5.92 Å². The van der Waals surface area contributed by atoms with E-state index in [0.29, 0.717) is 24.8 Å². The summed E-state index contributed by atoms with van der Waals surface area (Å²) < 4.78 is 52.4. The molecule has 2 atom stereocenters. The number of anilines is 1. The van der Waals surface area contributed by atoms with Gasteiger partial charge >= 0.3 is 6.18 Å². The molecule has 1 saturated heterocycles. The zero-order valence-corrected chi connectivity index (χ0v) is 12.4. The van der Waals surface area contributed by atoms with E-state index in [-0.39, 0.29) is 11.9 Å². The lowest BCUT2D eigenvalue weighted by Gasteiger charge is -2.22. The molecule has 1 aromatic rings. The monoisotopic (exact) mass is 319 g/mol. The number of para-hydroxylation sites is 2. The molecule has 1 aromatic carbocycles. The van der Waals surface area contributed by atoms with Gasteiger partial charge in [0.1, 0.15) is 5.75 Å². The smallest absolute Gasteiger partial charge is 0.422 e. The highest BCUT2D eigenvalue weighted by molar-refractivity contribution is 5.56. The van der Waals surface area contributed by atoms with Crippen molar-refractivity contribution in [3.05, 3.63) is 24.3 Å². The van der Waals surface area contributed by atoms with E-state index in [0.717, 1.165) is 13.0 Å². The van der Waals surface area contributed by atoms with Crippen LogP contribution in [0.5, 0.6) is 5.75 Å². The Bertz CT molecular complexity index is 462. The van der Waals surface area contributed by atoms with Gasteiger partial charge in [-0.2, -0.15) is 13.2 Å². The normalized spacial score (nSPS) is 19.9. The van der Waals surface area contributed by atoms with Crippen LogP contribution < -0.4 is 10.1 Å². The summed E-state index contributed by atoms with van der Waals surface area (Å²) in [5.74, 6) is 0.470. The third-order valence-electron chi connectivity index (χ3n) is 3.57. The average molecular weight is 319 g/mol. The summed E-state index contributed by atoms with van der Waals surface area (Å²) in [5, 5.41) is 3.10. The highest BCUT2D eigenvalue weighted by Gasteiger charge is 2.29. The maximum absolute atomic E-state index is 12.3. The third-order valence-corrected chi connectivity index (χ3v) is 3.57. The maximum Gasteiger partial charge on any atom is 0.422 e. The number of rotatable bonds is 7. The van der Waals surface area contributed by atoms with Gasteiger partial charge in [0.15, 0.2) is 6.61 Å². The van der Waals surface area contributed by atoms with Gasteiger partial charge in [-0.1, -0.05) is 12.1 Å². The van der Waals surface area contributed by atoms with Crippen molar-refractivity contribution >= 4 is 5.69 Å². The summed E-state index contributed by atoms with van der Waals surface area (Å²) in [4.78, 5) is 0. The molecule has 0 radical (unpaired) electrons. The summed E-state index contributed by atoms with van der Waals surface area (Å²) >= 11 is 0. The van der Waals surface area contributed by atoms with Crippen molar-refractivity contribution in [3.8, 4) is 5.75 Å². The molecule has 1 fully saturated rings. The fraction of sp³-hybridized carbons (Fsp3) is 0.600. The van der Waals surface area contributed by atoms with Gasteiger partial charge in [0.05, 0.1) is 18.4 Å². The molecule has 7 heteroatoms. The van der Waals surface area contributed by atoms with Crippen molar-refractivity contribution in [1.29, 1.82) is 0 Å². The largest absolute Gasteiger partial charge is 0.482 e. The number of alkyl halides is 3. The van der Waals surface area contributed by atoms with E-state index in [4.69, 9.17) is 14.2 Å². The van der Waals surface area contributed by atoms with Gasteiger partial charge in [-0.25, -0.2) is 0 Å². The Morgan fingerprint density at radius 1 is 1.36 bits per heavy atom. The molecule has 1 heterocycles. The lowest BCUT2D eigenvalue weighted by Crippen LogP contribution is -2.31.